The minimum Gasteiger partial charge on any atom is -0.369 e. The number of carbonyl (C=O) groups excluding carboxylic acids is 2. The van der Waals surface area contributed by atoms with Gasteiger partial charge in [0.1, 0.15) is 5.92 Å². The van der Waals surface area contributed by atoms with Crippen molar-refractivity contribution in [2.45, 2.75) is 27.2 Å². The molecule has 5 heteroatoms. The molecule has 1 aromatic rings. The largest absolute Gasteiger partial charge is 0.369 e. The van der Waals surface area contributed by atoms with E-state index in [2.05, 4.69) is 0 Å². The predicted octanol–water partition coefficient (Wildman–Crippen LogP) is 1.86. The zero-order chi connectivity index (χ0) is 14.6. The Balaban J connectivity index is 2.90. The topological polar surface area (TPSA) is 83.6 Å². The first-order chi connectivity index (χ1) is 8.82. The molecule has 2 amide bonds. The van der Waals surface area contributed by atoms with E-state index in [-0.39, 0.29) is 5.92 Å². The van der Waals surface area contributed by atoms with Gasteiger partial charge in [0.25, 0.3) is 5.91 Å². The van der Waals surface area contributed by atoms with E-state index in [1.54, 1.807) is 24.3 Å². The average molecular weight is 264 g/mol. The molecule has 1 aromatic carbocycles. The Hall–Kier alpha value is -1.88. The molecule has 104 valence electrons. The summed E-state index contributed by atoms with van der Waals surface area (Å²) in [5, 5.41) is 10.4. The highest BCUT2D eigenvalue weighted by atomic mass is 16.5. The van der Waals surface area contributed by atoms with Crippen LogP contribution >= 0.6 is 0 Å². The van der Waals surface area contributed by atoms with E-state index in [4.69, 9.17) is 5.73 Å². The number of aryl methyl sites for hydroxylation is 1. The first-order valence-corrected chi connectivity index (χ1v) is 6.21. The van der Waals surface area contributed by atoms with Crippen LogP contribution in [0.5, 0.6) is 0 Å². The van der Waals surface area contributed by atoms with Crippen molar-refractivity contribution in [3.8, 4) is 0 Å². The smallest absolute Gasteiger partial charge is 0.263 e. The van der Waals surface area contributed by atoms with Gasteiger partial charge in [0.2, 0.25) is 5.91 Å². The Labute approximate surface area is 113 Å². The van der Waals surface area contributed by atoms with E-state index >= 15 is 0 Å². The van der Waals surface area contributed by atoms with E-state index in [0.717, 1.165) is 5.56 Å². The molecule has 3 N–H and O–H groups in total. The molecule has 0 fully saturated rings. The van der Waals surface area contributed by atoms with Gasteiger partial charge < -0.3 is 5.73 Å². The molecule has 0 spiro atoms. The fraction of sp³-hybridized carbons (Fsp3) is 0.429. The molecule has 1 atom stereocenters. The molecule has 0 aliphatic carbocycles. The van der Waals surface area contributed by atoms with Crippen molar-refractivity contribution in [1.82, 2.24) is 0 Å². The lowest BCUT2D eigenvalue weighted by Crippen LogP contribution is -2.41. The van der Waals surface area contributed by atoms with Gasteiger partial charge in [-0.25, -0.2) is 0 Å². The van der Waals surface area contributed by atoms with Gasteiger partial charge in [-0.1, -0.05) is 31.5 Å². The summed E-state index contributed by atoms with van der Waals surface area (Å²) < 4.78 is 0. The standard InChI is InChI=1S/C14H20N2O3/c1-9(2)8-12(13(15)17)14(18)16(19)11-6-4-10(3)5-7-11/h4-7,9,12,19H,8H2,1-3H3,(H2,15,17). The van der Waals surface area contributed by atoms with Crippen LogP contribution < -0.4 is 10.8 Å². The monoisotopic (exact) mass is 264 g/mol. The molecule has 19 heavy (non-hydrogen) atoms. The van der Waals surface area contributed by atoms with E-state index in [9.17, 15) is 14.8 Å². The van der Waals surface area contributed by atoms with Crippen molar-refractivity contribution >= 4 is 17.5 Å². The Morgan fingerprint density at radius 1 is 1.26 bits per heavy atom. The van der Waals surface area contributed by atoms with Gasteiger partial charge in [-0.3, -0.25) is 14.8 Å². The number of benzene rings is 1. The van der Waals surface area contributed by atoms with Crippen molar-refractivity contribution in [3.05, 3.63) is 29.8 Å². The van der Waals surface area contributed by atoms with Crippen LogP contribution in [0.15, 0.2) is 24.3 Å². The molecule has 1 unspecified atom stereocenters. The summed E-state index contributed by atoms with van der Waals surface area (Å²) in [5.41, 5.74) is 6.57. The van der Waals surface area contributed by atoms with E-state index < -0.39 is 17.7 Å². The highest BCUT2D eigenvalue weighted by Gasteiger charge is 2.30. The second-order valence-electron chi connectivity index (χ2n) is 5.07. The SMILES string of the molecule is Cc1ccc(N(O)C(=O)C(CC(C)C)C(N)=O)cc1. The highest BCUT2D eigenvalue weighted by Crippen LogP contribution is 2.19. The Bertz CT molecular complexity index is 454. The summed E-state index contributed by atoms with van der Waals surface area (Å²) in [5.74, 6) is -2.28. The van der Waals surface area contributed by atoms with Crippen molar-refractivity contribution in [3.63, 3.8) is 0 Å². The quantitative estimate of drug-likeness (QED) is 0.483. The molecule has 0 bridgehead atoms. The van der Waals surface area contributed by atoms with Gasteiger partial charge >= 0.3 is 0 Å². The highest BCUT2D eigenvalue weighted by molar-refractivity contribution is 6.06. The molecular weight excluding hydrogens is 244 g/mol. The van der Waals surface area contributed by atoms with Crippen molar-refractivity contribution in [1.29, 1.82) is 0 Å². The number of nitrogens with zero attached hydrogens (tertiary/aromatic N) is 1. The first kappa shape index (κ1) is 15.2. The summed E-state index contributed by atoms with van der Waals surface area (Å²) in [7, 11) is 0. The fourth-order valence-corrected chi connectivity index (χ4v) is 1.77. The molecule has 0 radical (unpaired) electrons. The molecular formula is C14H20N2O3. The minimum atomic E-state index is -1.01. The molecule has 0 aliphatic heterocycles. The Kier molecular flexibility index (Phi) is 5.06. The number of amides is 2. The van der Waals surface area contributed by atoms with E-state index in [1.165, 1.54) is 0 Å². The summed E-state index contributed by atoms with van der Waals surface area (Å²) >= 11 is 0. The lowest BCUT2D eigenvalue weighted by Gasteiger charge is -2.21. The second-order valence-corrected chi connectivity index (χ2v) is 5.07. The number of rotatable bonds is 5. The van der Waals surface area contributed by atoms with Gasteiger partial charge in [0.15, 0.2) is 0 Å². The molecule has 0 aromatic heterocycles. The number of hydrogen-bond acceptors (Lipinski definition) is 3. The summed E-state index contributed by atoms with van der Waals surface area (Å²) in [4.78, 5) is 23.4. The average Bonchev–Trinajstić information content (AvgIpc) is 2.34. The Morgan fingerprint density at radius 3 is 2.21 bits per heavy atom. The lowest BCUT2D eigenvalue weighted by atomic mass is 9.95. The third kappa shape index (κ3) is 4.06. The predicted molar refractivity (Wildman–Crippen MR) is 72.6 cm³/mol. The summed E-state index contributed by atoms with van der Waals surface area (Å²) in [6.07, 6.45) is 0.317. The molecule has 0 saturated carbocycles. The number of anilines is 1. The van der Waals surface area contributed by atoms with Crippen LogP contribution in [-0.4, -0.2) is 17.0 Å². The minimum absolute atomic E-state index is 0.132. The molecule has 1 rings (SSSR count). The number of hydrogen-bond donors (Lipinski definition) is 2. The van der Waals surface area contributed by atoms with Gasteiger partial charge in [-0.15, -0.1) is 0 Å². The zero-order valence-electron chi connectivity index (χ0n) is 11.5. The van der Waals surface area contributed by atoms with Crippen LogP contribution in [0.1, 0.15) is 25.8 Å². The van der Waals surface area contributed by atoms with Crippen LogP contribution in [0.4, 0.5) is 5.69 Å². The lowest BCUT2D eigenvalue weighted by molar-refractivity contribution is -0.135. The van der Waals surface area contributed by atoms with Crippen LogP contribution in [0.25, 0.3) is 0 Å². The van der Waals surface area contributed by atoms with Crippen molar-refractivity contribution in [2.75, 3.05) is 5.06 Å². The van der Waals surface area contributed by atoms with Crippen molar-refractivity contribution < 1.29 is 14.8 Å². The second kappa shape index (κ2) is 6.33. The molecule has 0 saturated heterocycles. The number of primary amides is 1. The normalized spacial score (nSPS) is 12.3. The maximum absolute atomic E-state index is 12.1. The fourth-order valence-electron chi connectivity index (χ4n) is 1.77. The van der Waals surface area contributed by atoms with Crippen LogP contribution in [-0.2, 0) is 9.59 Å². The van der Waals surface area contributed by atoms with Gasteiger partial charge in [-0.2, -0.15) is 5.06 Å². The summed E-state index contributed by atoms with van der Waals surface area (Å²) in [6, 6.07) is 6.77. The first-order valence-electron chi connectivity index (χ1n) is 6.21. The van der Waals surface area contributed by atoms with Crippen LogP contribution in [0, 0.1) is 18.8 Å². The molecule has 0 heterocycles. The van der Waals surface area contributed by atoms with Crippen LogP contribution in [0.3, 0.4) is 0 Å². The molecule has 5 nitrogen and oxygen atoms in total. The number of nitrogens with two attached hydrogens (primary N) is 1. The zero-order valence-corrected chi connectivity index (χ0v) is 11.5. The third-order valence-electron chi connectivity index (χ3n) is 2.84. The van der Waals surface area contributed by atoms with Gasteiger partial charge in [-0.05, 0) is 31.4 Å². The number of carbonyl (C=O) groups is 2. The number of hydroxylamine groups is 1. The van der Waals surface area contributed by atoms with Gasteiger partial charge in [0.05, 0.1) is 5.69 Å². The maximum atomic E-state index is 12.1. The van der Waals surface area contributed by atoms with Crippen LogP contribution in [0.2, 0.25) is 0 Å². The van der Waals surface area contributed by atoms with Gasteiger partial charge in [0, 0.05) is 0 Å². The van der Waals surface area contributed by atoms with E-state index in [1.807, 2.05) is 20.8 Å². The third-order valence-corrected chi connectivity index (χ3v) is 2.84. The molecule has 0 aliphatic rings. The summed E-state index contributed by atoms with van der Waals surface area (Å²) in [6.45, 7) is 5.67. The van der Waals surface area contributed by atoms with Crippen molar-refractivity contribution in [2.24, 2.45) is 17.6 Å². The maximum Gasteiger partial charge on any atom is 0.263 e. The van der Waals surface area contributed by atoms with E-state index in [0.29, 0.717) is 17.2 Å². The Morgan fingerprint density at radius 2 is 1.79 bits per heavy atom.